The Bertz CT molecular complexity index is 281. The Labute approximate surface area is 170 Å². The third-order valence-corrected chi connectivity index (χ3v) is 5.92. The van der Waals surface area contributed by atoms with E-state index in [9.17, 15) is 0 Å². The molecule has 0 amide bonds. The lowest BCUT2D eigenvalue weighted by Gasteiger charge is -2.36. The Balaban J connectivity index is 4.15. The highest BCUT2D eigenvalue weighted by Crippen LogP contribution is 2.33. The molecule has 0 saturated heterocycles. The van der Waals surface area contributed by atoms with Gasteiger partial charge in [0.05, 0.1) is 0 Å². The predicted molar refractivity (Wildman–Crippen MR) is 117 cm³/mol. The third-order valence-electron chi connectivity index (χ3n) is 5.92. The van der Waals surface area contributed by atoms with Crippen LogP contribution in [0.15, 0.2) is 0 Å². The lowest BCUT2D eigenvalue weighted by atomic mass is 9.91. The van der Waals surface area contributed by atoms with Crippen molar-refractivity contribution < 1.29 is 14.2 Å². The highest BCUT2D eigenvalue weighted by Gasteiger charge is 2.39. The molecule has 0 aromatic heterocycles. The second-order valence-electron chi connectivity index (χ2n) is 8.09. The smallest absolute Gasteiger partial charge is 0.285 e. The van der Waals surface area contributed by atoms with Crippen molar-refractivity contribution in [2.24, 2.45) is 5.92 Å². The molecule has 0 radical (unpaired) electrons. The zero-order valence-corrected chi connectivity index (χ0v) is 19.3. The van der Waals surface area contributed by atoms with E-state index >= 15 is 0 Å². The quantitative estimate of drug-likeness (QED) is 0.148. The van der Waals surface area contributed by atoms with Gasteiger partial charge in [-0.1, -0.05) is 110 Å². The first-order valence-electron chi connectivity index (χ1n) is 11.9. The minimum Gasteiger partial charge on any atom is -0.331 e. The van der Waals surface area contributed by atoms with E-state index in [4.69, 9.17) is 14.2 Å². The van der Waals surface area contributed by atoms with E-state index in [0.717, 1.165) is 12.8 Å². The second-order valence-corrected chi connectivity index (χ2v) is 8.09. The van der Waals surface area contributed by atoms with Crippen molar-refractivity contribution in [1.29, 1.82) is 0 Å². The number of hydrogen-bond acceptors (Lipinski definition) is 3. The van der Waals surface area contributed by atoms with Gasteiger partial charge in [0.15, 0.2) is 0 Å². The van der Waals surface area contributed by atoms with Crippen molar-refractivity contribution >= 4 is 0 Å². The van der Waals surface area contributed by atoms with Crippen molar-refractivity contribution in [1.82, 2.24) is 0 Å². The van der Waals surface area contributed by atoms with Crippen LogP contribution in [0.5, 0.6) is 0 Å². The predicted octanol–water partition coefficient (Wildman–Crippen LogP) is 7.87. The molecule has 0 aliphatic carbocycles. The van der Waals surface area contributed by atoms with Crippen LogP contribution in [0.25, 0.3) is 0 Å². The molecule has 0 N–H and O–H groups in total. The average Bonchev–Trinajstić information content (AvgIpc) is 2.70. The summed E-state index contributed by atoms with van der Waals surface area (Å²) in [5.74, 6) is -0.558. The number of methoxy groups -OCH3 is 3. The van der Waals surface area contributed by atoms with Crippen LogP contribution < -0.4 is 0 Å². The number of rotatable bonds is 21. The summed E-state index contributed by atoms with van der Waals surface area (Å²) in [7, 11) is 5.12. The van der Waals surface area contributed by atoms with Crippen molar-refractivity contribution in [3.8, 4) is 0 Å². The zero-order valence-electron chi connectivity index (χ0n) is 19.3. The summed E-state index contributed by atoms with van der Waals surface area (Å²) in [6.45, 7) is 4.55. The Kier molecular flexibility index (Phi) is 19.1. The lowest BCUT2D eigenvalue weighted by molar-refractivity contribution is -0.380. The summed E-state index contributed by atoms with van der Waals surface area (Å²) < 4.78 is 17.0. The van der Waals surface area contributed by atoms with E-state index < -0.39 is 5.97 Å². The molecule has 27 heavy (non-hydrogen) atoms. The lowest BCUT2D eigenvalue weighted by Crippen LogP contribution is -2.44. The molecule has 1 atom stereocenters. The van der Waals surface area contributed by atoms with Crippen LogP contribution in [0.1, 0.15) is 123 Å². The first kappa shape index (κ1) is 26.9. The van der Waals surface area contributed by atoms with Crippen LogP contribution >= 0.6 is 0 Å². The van der Waals surface area contributed by atoms with Gasteiger partial charge in [-0.15, -0.1) is 0 Å². The van der Waals surface area contributed by atoms with Gasteiger partial charge in [0.1, 0.15) is 0 Å². The van der Waals surface area contributed by atoms with Gasteiger partial charge in [0, 0.05) is 27.2 Å². The van der Waals surface area contributed by atoms with Crippen LogP contribution in [0, 0.1) is 5.92 Å². The van der Waals surface area contributed by atoms with Gasteiger partial charge in [-0.2, -0.15) is 0 Å². The normalized spacial score (nSPS) is 13.2. The molecular weight excluding hydrogens is 336 g/mol. The van der Waals surface area contributed by atoms with E-state index in [1.54, 1.807) is 21.3 Å². The van der Waals surface area contributed by atoms with Crippen molar-refractivity contribution in [2.75, 3.05) is 21.3 Å². The number of unbranched alkanes of at least 4 members (excludes halogenated alkanes) is 13. The SMILES string of the molecule is CCCCCCCCCCCC(CCCCCCCC)C(OC)(OC)OC. The fraction of sp³-hybridized carbons (Fsp3) is 1.00. The Morgan fingerprint density at radius 3 is 1.07 bits per heavy atom. The van der Waals surface area contributed by atoms with Gasteiger partial charge in [0.2, 0.25) is 0 Å². The van der Waals surface area contributed by atoms with Crippen LogP contribution in [0.3, 0.4) is 0 Å². The first-order valence-corrected chi connectivity index (χ1v) is 11.9. The molecule has 0 aliphatic heterocycles. The first-order chi connectivity index (χ1) is 13.2. The van der Waals surface area contributed by atoms with Crippen molar-refractivity contribution in [2.45, 2.75) is 129 Å². The fourth-order valence-electron chi connectivity index (χ4n) is 4.12. The van der Waals surface area contributed by atoms with Crippen LogP contribution in [0.4, 0.5) is 0 Å². The summed E-state index contributed by atoms with van der Waals surface area (Å²) in [6, 6.07) is 0. The highest BCUT2D eigenvalue weighted by molar-refractivity contribution is 4.71. The van der Waals surface area contributed by atoms with Gasteiger partial charge in [-0.25, -0.2) is 0 Å². The molecule has 0 aliphatic rings. The van der Waals surface area contributed by atoms with E-state index in [1.807, 2.05) is 0 Å². The Hall–Kier alpha value is -0.120. The Morgan fingerprint density at radius 2 is 0.778 bits per heavy atom. The topological polar surface area (TPSA) is 27.7 Å². The molecular formula is C24H50O3. The summed E-state index contributed by atoms with van der Waals surface area (Å²) in [4.78, 5) is 0. The van der Waals surface area contributed by atoms with Crippen molar-refractivity contribution in [3.05, 3.63) is 0 Å². The standard InChI is InChI=1S/C24H50O3/c1-6-8-10-12-14-15-16-18-20-22-23(24(25-3,26-4)27-5)21-19-17-13-11-9-7-2/h23H,6-22H2,1-5H3. The Morgan fingerprint density at radius 1 is 0.481 bits per heavy atom. The summed E-state index contributed by atoms with van der Waals surface area (Å²) >= 11 is 0. The van der Waals surface area contributed by atoms with Gasteiger partial charge in [0.25, 0.3) is 5.97 Å². The van der Waals surface area contributed by atoms with E-state index in [1.165, 1.54) is 96.3 Å². The van der Waals surface area contributed by atoms with Crippen molar-refractivity contribution in [3.63, 3.8) is 0 Å². The average molecular weight is 387 g/mol. The summed E-state index contributed by atoms with van der Waals surface area (Å²) in [6.07, 6.45) is 22.4. The van der Waals surface area contributed by atoms with Gasteiger partial charge < -0.3 is 14.2 Å². The number of hydrogen-bond donors (Lipinski definition) is 0. The molecule has 0 rings (SSSR count). The molecule has 0 aromatic rings. The number of ether oxygens (including phenoxy) is 3. The molecule has 0 bridgehead atoms. The molecule has 0 spiro atoms. The molecule has 164 valence electrons. The molecule has 0 saturated carbocycles. The maximum absolute atomic E-state index is 5.68. The summed E-state index contributed by atoms with van der Waals surface area (Å²) in [5.41, 5.74) is 0. The molecule has 0 aromatic carbocycles. The van der Waals surface area contributed by atoms with Gasteiger partial charge >= 0.3 is 0 Å². The molecule has 0 heterocycles. The molecule has 1 unspecified atom stereocenters. The van der Waals surface area contributed by atoms with Gasteiger partial charge in [-0.05, 0) is 12.8 Å². The third kappa shape index (κ3) is 12.9. The largest absolute Gasteiger partial charge is 0.331 e. The van der Waals surface area contributed by atoms with Gasteiger partial charge in [-0.3, -0.25) is 0 Å². The van der Waals surface area contributed by atoms with Crippen LogP contribution in [-0.2, 0) is 14.2 Å². The maximum Gasteiger partial charge on any atom is 0.285 e. The zero-order chi connectivity index (χ0) is 20.2. The molecule has 0 fully saturated rings. The second kappa shape index (κ2) is 19.2. The molecule has 3 nitrogen and oxygen atoms in total. The van der Waals surface area contributed by atoms with Crippen LogP contribution in [-0.4, -0.2) is 27.3 Å². The highest BCUT2D eigenvalue weighted by atomic mass is 16.9. The van der Waals surface area contributed by atoms with E-state index in [-0.39, 0.29) is 0 Å². The minimum atomic E-state index is -0.871. The summed E-state index contributed by atoms with van der Waals surface area (Å²) in [5, 5.41) is 0. The maximum atomic E-state index is 5.68. The molecule has 3 heteroatoms. The van der Waals surface area contributed by atoms with E-state index in [2.05, 4.69) is 13.8 Å². The minimum absolute atomic E-state index is 0.313. The fourth-order valence-corrected chi connectivity index (χ4v) is 4.12. The van der Waals surface area contributed by atoms with E-state index in [0.29, 0.717) is 5.92 Å². The van der Waals surface area contributed by atoms with Crippen LogP contribution in [0.2, 0.25) is 0 Å². The monoisotopic (exact) mass is 386 g/mol.